The van der Waals surface area contributed by atoms with Crippen molar-refractivity contribution in [1.82, 2.24) is 15.0 Å². The van der Waals surface area contributed by atoms with Crippen LogP contribution in [0.5, 0.6) is 17.5 Å². The van der Waals surface area contributed by atoms with Crippen molar-refractivity contribution in [3.8, 4) is 17.5 Å². The van der Waals surface area contributed by atoms with Crippen molar-refractivity contribution in [3.05, 3.63) is 78.1 Å². The lowest BCUT2D eigenvalue weighted by Gasteiger charge is -2.10. The van der Waals surface area contributed by atoms with Crippen LogP contribution in [-0.2, 0) is 13.0 Å². The average Bonchev–Trinajstić information content (AvgIpc) is 2.73. The van der Waals surface area contributed by atoms with Crippen molar-refractivity contribution in [2.75, 3.05) is 18.5 Å². The van der Waals surface area contributed by atoms with Gasteiger partial charge >= 0.3 is 6.01 Å². The minimum absolute atomic E-state index is 0.232. The smallest absolute Gasteiger partial charge is 0.321 e. The lowest BCUT2D eigenvalue weighted by atomic mass is 10.1. The summed E-state index contributed by atoms with van der Waals surface area (Å²) >= 11 is 0. The summed E-state index contributed by atoms with van der Waals surface area (Å²) in [6.07, 6.45) is 2.25. The molecule has 0 saturated heterocycles. The van der Waals surface area contributed by atoms with Crippen LogP contribution in [0.3, 0.4) is 0 Å². The summed E-state index contributed by atoms with van der Waals surface area (Å²) in [6, 6.07) is 15.0. The first-order valence-corrected chi connectivity index (χ1v) is 9.38. The van der Waals surface area contributed by atoms with Crippen LogP contribution in [-0.4, -0.2) is 33.3 Å². The Morgan fingerprint density at radius 1 is 0.966 bits per heavy atom. The highest BCUT2D eigenvalue weighted by molar-refractivity contribution is 5.33. The molecule has 7 nitrogen and oxygen atoms in total. The first-order chi connectivity index (χ1) is 14.2. The Labute approximate surface area is 170 Å². The van der Waals surface area contributed by atoms with Crippen LogP contribution in [0.2, 0.25) is 0 Å². The van der Waals surface area contributed by atoms with E-state index in [2.05, 4.69) is 26.8 Å². The minimum atomic E-state index is 0.232. The number of phenols is 1. The molecule has 2 N–H and O–H groups in total. The van der Waals surface area contributed by atoms with Gasteiger partial charge in [-0.2, -0.15) is 15.0 Å². The predicted molar refractivity (Wildman–Crippen MR) is 111 cm³/mol. The van der Waals surface area contributed by atoms with Gasteiger partial charge in [-0.25, -0.2) is 0 Å². The Hall–Kier alpha value is -3.61. The number of phenolic OH excluding ortho intramolecular Hbond substituents is 1. The van der Waals surface area contributed by atoms with Gasteiger partial charge in [0.05, 0.1) is 6.61 Å². The van der Waals surface area contributed by atoms with Crippen molar-refractivity contribution in [2.24, 2.45) is 0 Å². The van der Waals surface area contributed by atoms with E-state index in [-0.39, 0.29) is 11.8 Å². The number of aromatic hydroxyl groups is 1. The SMILES string of the molecule is C=CCOc1ccc(Cc2nc(NCc3ccc(O)cc3)nc(OCC)n2)cc1. The second kappa shape index (κ2) is 10.1. The molecule has 0 aliphatic rings. The monoisotopic (exact) mass is 392 g/mol. The quantitative estimate of drug-likeness (QED) is 0.508. The molecule has 3 rings (SSSR count). The van der Waals surface area contributed by atoms with Crippen molar-refractivity contribution in [1.29, 1.82) is 0 Å². The van der Waals surface area contributed by atoms with Crippen LogP contribution < -0.4 is 14.8 Å². The number of hydrogen-bond acceptors (Lipinski definition) is 7. The van der Waals surface area contributed by atoms with Gasteiger partial charge in [0.25, 0.3) is 0 Å². The van der Waals surface area contributed by atoms with E-state index < -0.39 is 0 Å². The summed E-state index contributed by atoms with van der Waals surface area (Å²) in [5.74, 6) is 2.07. The third kappa shape index (κ3) is 6.21. The number of nitrogens with zero attached hydrogens (tertiary/aromatic N) is 3. The Morgan fingerprint density at radius 2 is 1.69 bits per heavy atom. The molecule has 0 aliphatic heterocycles. The topological polar surface area (TPSA) is 89.4 Å². The molecule has 29 heavy (non-hydrogen) atoms. The summed E-state index contributed by atoms with van der Waals surface area (Å²) in [6.45, 7) is 6.99. The fourth-order valence-electron chi connectivity index (χ4n) is 2.59. The summed E-state index contributed by atoms with van der Waals surface area (Å²) in [7, 11) is 0. The van der Waals surface area contributed by atoms with E-state index >= 15 is 0 Å². The van der Waals surface area contributed by atoms with Gasteiger partial charge in [-0.1, -0.05) is 36.9 Å². The van der Waals surface area contributed by atoms with Crippen LogP contribution in [0.15, 0.2) is 61.2 Å². The molecular formula is C22H24N4O3. The van der Waals surface area contributed by atoms with Crippen LogP contribution >= 0.6 is 0 Å². The van der Waals surface area contributed by atoms with Crippen LogP contribution in [0.25, 0.3) is 0 Å². The maximum absolute atomic E-state index is 9.39. The van der Waals surface area contributed by atoms with Crippen LogP contribution in [0, 0.1) is 0 Å². The van der Waals surface area contributed by atoms with Gasteiger partial charge < -0.3 is 19.9 Å². The summed E-state index contributed by atoms with van der Waals surface area (Å²) in [5.41, 5.74) is 2.05. The fraction of sp³-hybridized carbons (Fsp3) is 0.227. The molecule has 0 radical (unpaired) electrons. The van der Waals surface area contributed by atoms with Gasteiger partial charge in [0.2, 0.25) is 5.95 Å². The van der Waals surface area contributed by atoms with E-state index in [0.717, 1.165) is 16.9 Å². The zero-order chi connectivity index (χ0) is 20.5. The molecule has 7 heteroatoms. The Bertz CT molecular complexity index is 928. The second-order valence-electron chi connectivity index (χ2n) is 6.23. The molecule has 1 aromatic heterocycles. The van der Waals surface area contributed by atoms with Crippen molar-refractivity contribution >= 4 is 5.95 Å². The molecule has 0 fully saturated rings. The summed E-state index contributed by atoms with van der Waals surface area (Å²) in [5, 5.41) is 12.6. The van der Waals surface area contributed by atoms with Gasteiger partial charge in [-0.3, -0.25) is 0 Å². The van der Waals surface area contributed by atoms with E-state index in [9.17, 15) is 5.11 Å². The normalized spacial score (nSPS) is 10.4. The van der Waals surface area contributed by atoms with Crippen molar-refractivity contribution in [3.63, 3.8) is 0 Å². The Morgan fingerprint density at radius 3 is 2.38 bits per heavy atom. The number of ether oxygens (including phenoxy) is 2. The lowest BCUT2D eigenvalue weighted by molar-refractivity contribution is 0.310. The number of nitrogens with one attached hydrogen (secondary N) is 1. The fourth-order valence-corrected chi connectivity index (χ4v) is 2.59. The van der Waals surface area contributed by atoms with E-state index in [1.165, 1.54) is 0 Å². The first-order valence-electron chi connectivity index (χ1n) is 9.38. The predicted octanol–water partition coefficient (Wildman–Crippen LogP) is 3.74. The molecule has 150 valence electrons. The standard InChI is InChI=1S/C22H24N4O3/c1-3-13-29-19-11-7-16(8-12-19)14-20-24-21(26-22(25-20)28-4-2)23-15-17-5-9-18(27)10-6-17/h3,5-12,27H,1,4,13-15H2,2H3,(H,23,24,25,26). The number of anilines is 1. The van der Waals surface area contributed by atoms with Gasteiger partial charge in [0.1, 0.15) is 23.9 Å². The number of benzene rings is 2. The Balaban J connectivity index is 1.71. The van der Waals surface area contributed by atoms with Crippen molar-refractivity contribution in [2.45, 2.75) is 19.9 Å². The number of aromatic nitrogens is 3. The Kier molecular flexibility index (Phi) is 7.00. The van der Waals surface area contributed by atoms with Crippen LogP contribution in [0.4, 0.5) is 5.95 Å². The van der Waals surface area contributed by atoms with Gasteiger partial charge in [0, 0.05) is 13.0 Å². The first kappa shape index (κ1) is 20.1. The molecule has 0 atom stereocenters. The third-order valence-electron chi connectivity index (χ3n) is 3.98. The molecule has 2 aromatic carbocycles. The summed E-state index contributed by atoms with van der Waals surface area (Å²) in [4.78, 5) is 13.2. The van der Waals surface area contributed by atoms with Crippen LogP contribution in [0.1, 0.15) is 23.9 Å². The van der Waals surface area contributed by atoms with E-state index in [0.29, 0.717) is 38.0 Å². The highest BCUT2D eigenvalue weighted by Gasteiger charge is 2.09. The molecule has 0 amide bonds. The molecule has 0 aliphatic carbocycles. The van der Waals surface area contributed by atoms with Gasteiger partial charge in [0.15, 0.2) is 0 Å². The van der Waals surface area contributed by atoms with E-state index in [4.69, 9.17) is 9.47 Å². The molecule has 0 spiro atoms. The number of hydrogen-bond donors (Lipinski definition) is 2. The maximum Gasteiger partial charge on any atom is 0.321 e. The van der Waals surface area contributed by atoms with Crippen molar-refractivity contribution < 1.29 is 14.6 Å². The number of rotatable bonds is 10. The molecule has 1 heterocycles. The van der Waals surface area contributed by atoms with Gasteiger partial charge in [-0.05, 0) is 42.3 Å². The molecule has 3 aromatic rings. The third-order valence-corrected chi connectivity index (χ3v) is 3.98. The molecular weight excluding hydrogens is 368 g/mol. The zero-order valence-electron chi connectivity index (χ0n) is 16.3. The lowest BCUT2D eigenvalue weighted by Crippen LogP contribution is -2.10. The highest BCUT2D eigenvalue weighted by atomic mass is 16.5. The maximum atomic E-state index is 9.39. The van der Waals surface area contributed by atoms with Gasteiger partial charge in [-0.15, -0.1) is 0 Å². The zero-order valence-corrected chi connectivity index (χ0v) is 16.3. The van der Waals surface area contributed by atoms with E-state index in [1.807, 2.05) is 43.3 Å². The average molecular weight is 392 g/mol. The highest BCUT2D eigenvalue weighted by Crippen LogP contribution is 2.17. The summed E-state index contributed by atoms with van der Waals surface area (Å²) < 4.78 is 11.0. The molecule has 0 unspecified atom stereocenters. The largest absolute Gasteiger partial charge is 0.508 e. The molecule has 0 saturated carbocycles. The second-order valence-corrected chi connectivity index (χ2v) is 6.23. The minimum Gasteiger partial charge on any atom is -0.508 e. The van der Waals surface area contributed by atoms with E-state index in [1.54, 1.807) is 18.2 Å². The molecule has 0 bridgehead atoms.